The van der Waals surface area contributed by atoms with E-state index < -0.39 is 7.82 Å². The third kappa shape index (κ3) is 5.41. The molecule has 0 aliphatic rings. The minimum atomic E-state index is -3.46. The molecule has 0 N–H and O–H groups in total. The fourth-order valence-electron chi connectivity index (χ4n) is 1.30. The Kier molecular flexibility index (Phi) is 7.44. The second kappa shape index (κ2) is 7.41. The molecule has 0 radical (unpaired) electrons. The van der Waals surface area contributed by atoms with Gasteiger partial charge in [0.05, 0.1) is 13.2 Å². The molecule has 0 rings (SSSR count). The lowest BCUT2D eigenvalue weighted by atomic mass is 10.3. The summed E-state index contributed by atoms with van der Waals surface area (Å²) in [6, 6.07) is 0.212. The summed E-state index contributed by atoms with van der Waals surface area (Å²) in [6.07, 6.45) is 0. The third-order valence-corrected chi connectivity index (χ3v) is 3.32. The first-order chi connectivity index (χ1) is 7.36. The van der Waals surface area contributed by atoms with Gasteiger partial charge in [0.25, 0.3) is 0 Å². The number of phosphoric acid groups is 1. The Labute approximate surface area is 98.6 Å². The zero-order chi connectivity index (χ0) is 12.8. The molecule has 0 saturated heterocycles. The molecule has 0 heterocycles. The molecule has 0 aliphatic carbocycles. The maximum absolute atomic E-state index is 12.1. The minimum Gasteiger partial charge on any atom is -0.286 e. The van der Waals surface area contributed by atoms with Crippen LogP contribution in [0.15, 0.2) is 0 Å². The van der Waals surface area contributed by atoms with Crippen molar-refractivity contribution in [3.05, 3.63) is 0 Å². The summed E-state index contributed by atoms with van der Waals surface area (Å²) in [4.78, 5) is 0. The van der Waals surface area contributed by atoms with Crippen molar-refractivity contribution in [3.8, 4) is 0 Å². The van der Waals surface area contributed by atoms with Gasteiger partial charge in [0, 0.05) is 12.1 Å². The SMILES string of the molecule is CCOP(=O)(OCC)ON(C(C)C)C(C)C. The molecule has 0 spiro atoms. The Morgan fingerprint density at radius 1 is 1.00 bits per heavy atom. The van der Waals surface area contributed by atoms with E-state index in [0.29, 0.717) is 13.2 Å². The lowest BCUT2D eigenvalue weighted by Crippen LogP contribution is -2.36. The van der Waals surface area contributed by atoms with Crippen LogP contribution in [-0.4, -0.2) is 30.4 Å². The number of rotatable bonds is 8. The number of hydrogen-bond acceptors (Lipinski definition) is 5. The van der Waals surface area contributed by atoms with Gasteiger partial charge in [-0.15, -0.1) is 0 Å². The second-order valence-corrected chi connectivity index (χ2v) is 5.49. The monoisotopic (exact) mass is 253 g/mol. The molecule has 5 nitrogen and oxygen atoms in total. The average Bonchev–Trinajstić information content (AvgIpc) is 2.14. The van der Waals surface area contributed by atoms with Gasteiger partial charge in [-0.3, -0.25) is 9.05 Å². The summed E-state index contributed by atoms with van der Waals surface area (Å²) in [5.41, 5.74) is 0. The molecule has 0 unspecified atom stereocenters. The van der Waals surface area contributed by atoms with E-state index in [2.05, 4.69) is 0 Å². The number of hydrogen-bond donors (Lipinski definition) is 0. The molecule has 0 aliphatic heterocycles. The summed E-state index contributed by atoms with van der Waals surface area (Å²) in [7, 11) is -3.46. The molecular formula is C10H24NO4P. The van der Waals surface area contributed by atoms with Gasteiger partial charge in [0.2, 0.25) is 0 Å². The highest BCUT2D eigenvalue weighted by Gasteiger charge is 2.31. The molecule has 0 amide bonds. The summed E-state index contributed by atoms with van der Waals surface area (Å²) in [5, 5.41) is 1.63. The number of hydroxylamine groups is 2. The first kappa shape index (κ1) is 16.1. The van der Waals surface area contributed by atoms with Gasteiger partial charge in [0.1, 0.15) is 0 Å². The van der Waals surface area contributed by atoms with E-state index in [1.165, 1.54) is 0 Å². The van der Waals surface area contributed by atoms with Gasteiger partial charge in [0.15, 0.2) is 0 Å². The Morgan fingerprint density at radius 3 is 1.62 bits per heavy atom. The van der Waals surface area contributed by atoms with Crippen LogP contribution >= 0.6 is 7.82 Å². The maximum atomic E-state index is 12.1. The molecule has 0 saturated carbocycles. The van der Waals surface area contributed by atoms with E-state index in [1.54, 1.807) is 18.9 Å². The molecule has 0 fully saturated rings. The zero-order valence-electron chi connectivity index (χ0n) is 11.1. The zero-order valence-corrected chi connectivity index (χ0v) is 12.0. The highest BCUT2D eigenvalue weighted by molar-refractivity contribution is 7.48. The van der Waals surface area contributed by atoms with E-state index in [9.17, 15) is 4.57 Å². The van der Waals surface area contributed by atoms with Crippen LogP contribution in [0.1, 0.15) is 41.5 Å². The summed E-state index contributed by atoms with van der Waals surface area (Å²) in [5.74, 6) is 0. The van der Waals surface area contributed by atoms with Crippen molar-refractivity contribution in [3.63, 3.8) is 0 Å². The highest BCUT2D eigenvalue weighted by Crippen LogP contribution is 2.50. The molecule has 6 heteroatoms. The number of nitrogens with zero attached hydrogens (tertiary/aromatic N) is 1. The van der Waals surface area contributed by atoms with Crippen molar-refractivity contribution < 1.29 is 18.2 Å². The van der Waals surface area contributed by atoms with Crippen LogP contribution < -0.4 is 0 Å². The van der Waals surface area contributed by atoms with E-state index >= 15 is 0 Å². The lowest BCUT2D eigenvalue weighted by Gasteiger charge is -2.31. The van der Waals surface area contributed by atoms with E-state index in [1.807, 2.05) is 27.7 Å². The van der Waals surface area contributed by atoms with Crippen molar-refractivity contribution >= 4 is 7.82 Å². The largest absolute Gasteiger partial charge is 0.491 e. The Hall–Kier alpha value is 0.0700. The predicted octanol–water partition coefficient (Wildman–Crippen LogP) is 3.22. The average molecular weight is 253 g/mol. The topological polar surface area (TPSA) is 48.0 Å². The van der Waals surface area contributed by atoms with Crippen molar-refractivity contribution in [2.75, 3.05) is 13.2 Å². The molecular weight excluding hydrogens is 229 g/mol. The van der Waals surface area contributed by atoms with Gasteiger partial charge in [-0.1, -0.05) is 0 Å². The summed E-state index contributed by atoms with van der Waals surface area (Å²) in [6.45, 7) is 11.9. The molecule has 0 bridgehead atoms. The standard InChI is InChI=1S/C10H24NO4P/c1-7-13-16(12,14-8-2)15-11(9(3)4)10(5)6/h9-10H,7-8H2,1-6H3. The van der Waals surface area contributed by atoms with Gasteiger partial charge in [-0.05, 0) is 41.5 Å². The van der Waals surface area contributed by atoms with Crippen molar-refractivity contribution in [2.45, 2.75) is 53.6 Å². The van der Waals surface area contributed by atoms with Crippen LogP contribution in [0.2, 0.25) is 0 Å². The van der Waals surface area contributed by atoms with Gasteiger partial charge < -0.3 is 0 Å². The van der Waals surface area contributed by atoms with E-state index in [0.717, 1.165) is 0 Å². The van der Waals surface area contributed by atoms with E-state index in [-0.39, 0.29) is 12.1 Å². The Bertz CT molecular complexity index is 215. The first-order valence-corrected chi connectivity index (χ1v) is 7.19. The predicted molar refractivity (Wildman–Crippen MR) is 64.1 cm³/mol. The quantitative estimate of drug-likeness (QED) is 0.491. The van der Waals surface area contributed by atoms with Crippen molar-refractivity contribution in [2.24, 2.45) is 0 Å². The smallest absolute Gasteiger partial charge is 0.286 e. The van der Waals surface area contributed by atoms with Crippen LogP contribution in [0.3, 0.4) is 0 Å². The van der Waals surface area contributed by atoms with Gasteiger partial charge >= 0.3 is 7.82 Å². The molecule has 0 aromatic carbocycles. The maximum Gasteiger partial charge on any atom is 0.491 e. The Balaban J connectivity index is 4.63. The molecule has 0 aromatic heterocycles. The van der Waals surface area contributed by atoms with Crippen LogP contribution in [0.4, 0.5) is 0 Å². The third-order valence-electron chi connectivity index (χ3n) is 1.79. The van der Waals surface area contributed by atoms with Gasteiger partial charge in [-0.2, -0.15) is 9.69 Å². The molecule has 0 atom stereocenters. The highest BCUT2D eigenvalue weighted by atomic mass is 31.2. The van der Waals surface area contributed by atoms with Gasteiger partial charge in [-0.25, -0.2) is 4.57 Å². The first-order valence-electron chi connectivity index (χ1n) is 5.73. The lowest BCUT2D eigenvalue weighted by molar-refractivity contribution is -0.136. The fourth-order valence-corrected chi connectivity index (χ4v) is 2.71. The summed E-state index contributed by atoms with van der Waals surface area (Å²) < 4.78 is 27.7. The normalized spacial score (nSPS) is 13.1. The van der Waals surface area contributed by atoms with Crippen LogP contribution in [0.25, 0.3) is 0 Å². The van der Waals surface area contributed by atoms with Crippen molar-refractivity contribution in [1.82, 2.24) is 5.06 Å². The Morgan fingerprint density at radius 2 is 1.38 bits per heavy atom. The van der Waals surface area contributed by atoms with E-state index in [4.69, 9.17) is 13.7 Å². The minimum absolute atomic E-state index is 0.106. The van der Waals surface area contributed by atoms with Crippen LogP contribution in [0, 0.1) is 0 Å². The number of phosphoric ester groups is 1. The van der Waals surface area contributed by atoms with Crippen LogP contribution in [0.5, 0.6) is 0 Å². The fraction of sp³-hybridized carbons (Fsp3) is 1.00. The molecule has 16 heavy (non-hydrogen) atoms. The summed E-state index contributed by atoms with van der Waals surface area (Å²) >= 11 is 0. The second-order valence-electron chi connectivity index (χ2n) is 3.91. The molecule has 98 valence electrons. The van der Waals surface area contributed by atoms with Crippen molar-refractivity contribution in [1.29, 1.82) is 0 Å². The van der Waals surface area contributed by atoms with Crippen LogP contribution in [-0.2, 0) is 18.2 Å². The molecule has 0 aromatic rings.